The smallest absolute Gasteiger partial charge is 0.224 e. The van der Waals surface area contributed by atoms with Crippen molar-refractivity contribution in [3.63, 3.8) is 0 Å². The molecule has 3 atom stereocenters. The Labute approximate surface area is 307 Å². The standard InChI is InChI=1S/C40H44N4O5S2/c41-32-9-5-6-10-33(32)43-38(47)14-4-2-1-3-13-37(46)42-24-27-15-21-30(22-16-27)39-48-31(23-35(49-39)29-19-17-28(25-45)18-20-29)26-50-40-44-34-11-7-8-12-36(34)51-40/h5-12,15-22,31,35,39,45H,1-4,13-14,23-26,41H2,(H,42,46)(H,43,47). The number of thiazole rings is 1. The third-order valence-corrected chi connectivity index (χ3v) is 11.1. The molecule has 0 bridgehead atoms. The maximum Gasteiger partial charge on any atom is 0.224 e. The molecular weight excluding hydrogens is 681 g/mol. The summed E-state index contributed by atoms with van der Waals surface area (Å²) in [5, 5.41) is 15.4. The minimum absolute atomic E-state index is 0.000233. The molecule has 0 aliphatic carbocycles. The van der Waals surface area contributed by atoms with Gasteiger partial charge >= 0.3 is 0 Å². The number of aliphatic hydroxyl groups is 1. The van der Waals surface area contributed by atoms with E-state index < -0.39 is 6.29 Å². The number of amides is 2. The number of fused-ring (bicyclic) bond motifs is 1. The highest BCUT2D eigenvalue weighted by Crippen LogP contribution is 2.40. The molecule has 4 aromatic carbocycles. The van der Waals surface area contributed by atoms with E-state index in [4.69, 9.17) is 20.2 Å². The predicted molar refractivity (Wildman–Crippen MR) is 204 cm³/mol. The summed E-state index contributed by atoms with van der Waals surface area (Å²) >= 11 is 3.41. The number of carbonyl (C=O) groups is 2. The van der Waals surface area contributed by atoms with Gasteiger partial charge in [0.2, 0.25) is 11.8 Å². The van der Waals surface area contributed by atoms with Gasteiger partial charge in [-0.15, -0.1) is 11.3 Å². The van der Waals surface area contributed by atoms with Gasteiger partial charge in [0.25, 0.3) is 0 Å². The van der Waals surface area contributed by atoms with Gasteiger partial charge in [0.1, 0.15) is 0 Å². The van der Waals surface area contributed by atoms with Crippen LogP contribution >= 0.6 is 23.1 Å². The summed E-state index contributed by atoms with van der Waals surface area (Å²) in [6, 6.07) is 31.3. The van der Waals surface area contributed by atoms with E-state index in [1.54, 1.807) is 35.2 Å². The van der Waals surface area contributed by atoms with Crippen LogP contribution in [0.4, 0.5) is 11.4 Å². The number of benzene rings is 4. The number of aromatic nitrogens is 1. The maximum absolute atomic E-state index is 12.5. The van der Waals surface area contributed by atoms with Gasteiger partial charge < -0.3 is 30.9 Å². The molecule has 0 spiro atoms. The van der Waals surface area contributed by atoms with E-state index in [0.29, 0.717) is 37.2 Å². The lowest BCUT2D eigenvalue weighted by Gasteiger charge is -2.36. The zero-order valence-corrected chi connectivity index (χ0v) is 30.1. The molecule has 5 aromatic rings. The lowest BCUT2D eigenvalue weighted by Crippen LogP contribution is -2.31. The van der Waals surface area contributed by atoms with Crippen molar-refractivity contribution in [2.24, 2.45) is 0 Å². The normalized spacial score (nSPS) is 17.3. The highest BCUT2D eigenvalue weighted by Gasteiger charge is 2.32. The molecule has 1 saturated heterocycles. The van der Waals surface area contributed by atoms with E-state index in [-0.39, 0.29) is 30.6 Å². The Morgan fingerprint density at radius 2 is 1.51 bits per heavy atom. The van der Waals surface area contributed by atoms with E-state index in [0.717, 1.165) is 63.5 Å². The number of unbranched alkanes of at least 4 members (excludes halogenated alkanes) is 3. The number of ether oxygens (including phenoxy) is 2. The molecule has 266 valence electrons. The number of nitrogens with zero attached hydrogens (tertiary/aromatic N) is 1. The first kappa shape index (κ1) is 36.5. The van der Waals surface area contributed by atoms with Crippen molar-refractivity contribution in [2.75, 3.05) is 16.8 Å². The summed E-state index contributed by atoms with van der Waals surface area (Å²) in [7, 11) is 0. The molecule has 1 aromatic heterocycles. The fourth-order valence-corrected chi connectivity index (χ4v) is 8.04. The van der Waals surface area contributed by atoms with Gasteiger partial charge in [0.05, 0.1) is 40.4 Å². The van der Waals surface area contributed by atoms with E-state index >= 15 is 0 Å². The van der Waals surface area contributed by atoms with Gasteiger partial charge in [-0.3, -0.25) is 9.59 Å². The van der Waals surface area contributed by atoms with Gasteiger partial charge in [0.15, 0.2) is 10.6 Å². The molecule has 9 nitrogen and oxygen atoms in total. The maximum atomic E-state index is 12.5. The van der Waals surface area contributed by atoms with E-state index in [1.807, 2.05) is 78.9 Å². The van der Waals surface area contributed by atoms with Crippen LogP contribution in [0.3, 0.4) is 0 Å². The van der Waals surface area contributed by atoms with Crippen LogP contribution in [-0.2, 0) is 32.2 Å². The van der Waals surface area contributed by atoms with Crippen molar-refractivity contribution in [1.82, 2.24) is 10.3 Å². The summed E-state index contributed by atoms with van der Waals surface area (Å²) in [5.41, 5.74) is 11.9. The first-order valence-corrected chi connectivity index (χ1v) is 19.2. The van der Waals surface area contributed by atoms with E-state index in [1.165, 1.54) is 4.70 Å². The SMILES string of the molecule is Nc1ccccc1NC(=O)CCCCCCC(=O)NCc1ccc(C2OC(CSc3nc4ccccc4s3)CC(c3ccc(CO)cc3)O2)cc1. The number of nitrogen functional groups attached to an aromatic ring is 1. The van der Waals surface area contributed by atoms with E-state index in [2.05, 4.69) is 16.7 Å². The van der Waals surface area contributed by atoms with Crippen molar-refractivity contribution < 1.29 is 24.2 Å². The summed E-state index contributed by atoms with van der Waals surface area (Å²) in [5.74, 6) is 0.707. The molecular formula is C40H44N4O5S2. The van der Waals surface area contributed by atoms with Crippen LogP contribution in [0.5, 0.6) is 0 Å². The van der Waals surface area contributed by atoms with Gasteiger partial charge in [-0.05, 0) is 53.8 Å². The number of carbonyl (C=O) groups excluding carboxylic acids is 2. The average molecular weight is 725 g/mol. The van der Waals surface area contributed by atoms with Crippen molar-refractivity contribution in [3.8, 4) is 0 Å². The number of aliphatic hydroxyl groups excluding tert-OH is 1. The predicted octanol–water partition coefficient (Wildman–Crippen LogP) is 8.30. The number of rotatable bonds is 16. The van der Waals surface area contributed by atoms with Crippen LogP contribution in [0.1, 0.15) is 79.6 Å². The van der Waals surface area contributed by atoms with Crippen LogP contribution in [0.25, 0.3) is 10.2 Å². The van der Waals surface area contributed by atoms with Crippen LogP contribution in [-0.4, -0.2) is 33.8 Å². The molecule has 5 N–H and O–H groups in total. The number of nitrogens with one attached hydrogen (secondary N) is 2. The minimum atomic E-state index is -0.548. The number of anilines is 2. The Bertz CT molecular complexity index is 1850. The monoisotopic (exact) mass is 724 g/mol. The van der Waals surface area contributed by atoms with Gasteiger partial charge in [0, 0.05) is 37.1 Å². The molecule has 1 fully saturated rings. The van der Waals surface area contributed by atoms with Crippen LogP contribution in [0, 0.1) is 0 Å². The number of thioether (sulfide) groups is 1. The van der Waals surface area contributed by atoms with Gasteiger partial charge in [-0.25, -0.2) is 4.98 Å². The Morgan fingerprint density at radius 3 is 2.25 bits per heavy atom. The number of hydrogen-bond donors (Lipinski definition) is 4. The largest absolute Gasteiger partial charge is 0.397 e. The van der Waals surface area contributed by atoms with E-state index in [9.17, 15) is 14.7 Å². The fraction of sp³-hybridized carbons (Fsp3) is 0.325. The second-order valence-electron chi connectivity index (χ2n) is 12.7. The zero-order valence-electron chi connectivity index (χ0n) is 28.5. The van der Waals surface area contributed by atoms with Crippen molar-refractivity contribution in [2.45, 2.75) is 80.9 Å². The average Bonchev–Trinajstić information content (AvgIpc) is 3.59. The quantitative estimate of drug-likeness (QED) is 0.0454. The molecule has 0 radical (unpaired) electrons. The topological polar surface area (TPSA) is 136 Å². The summed E-state index contributed by atoms with van der Waals surface area (Å²) < 4.78 is 15.2. The minimum Gasteiger partial charge on any atom is -0.397 e. The van der Waals surface area contributed by atoms with Crippen molar-refractivity contribution >= 4 is 56.5 Å². The molecule has 51 heavy (non-hydrogen) atoms. The first-order chi connectivity index (χ1) is 24.9. The second kappa shape index (κ2) is 18.3. The third-order valence-electron chi connectivity index (χ3n) is 8.82. The second-order valence-corrected chi connectivity index (χ2v) is 15.0. The van der Waals surface area contributed by atoms with Gasteiger partial charge in [-0.1, -0.05) is 97.4 Å². The molecule has 6 rings (SSSR count). The fourth-order valence-electron chi connectivity index (χ4n) is 5.93. The highest BCUT2D eigenvalue weighted by molar-refractivity contribution is 8.01. The van der Waals surface area contributed by atoms with Crippen LogP contribution in [0.2, 0.25) is 0 Å². The Balaban J connectivity index is 0.958. The number of nitrogens with two attached hydrogens (primary N) is 1. The molecule has 0 saturated carbocycles. The lowest BCUT2D eigenvalue weighted by molar-refractivity contribution is -0.245. The third kappa shape index (κ3) is 10.6. The molecule has 1 aliphatic heterocycles. The Kier molecular flexibility index (Phi) is 13.1. The first-order valence-electron chi connectivity index (χ1n) is 17.4. The highest BCUT2D eigenvalue weighted by atomic mass is 32.2. The van der Waals surface area contributed by atoms with Crippen molar-refractivity contribution in [3.05, 3.63) is 119 Å². The lowest BCUT2D eigenvalue weighted by atomic mass is 10.0. The molecule has 11 heteroatoms. The number of para-hydroxylation sites is 3. The Morgan fingerprint density at radius 1 is 0.824 bits per heavy atom. The van der Waals surface area contributed by atoms with Crippen molar-refractivity contribution in [1.29, 1.82) is 0 Å². The molecule has 3 unspecified atom stereocenters. The van der Waals surface area contributed by atoms with Crippen LogP contribution in [0.15, 0.2) is 101 Å². The van der Waals surface area contributed by atoms with Crippen LogP contribution < -0.4 is 16.4 Å². The molecule has 2 amide bonds. The molecule has 1 aliphatic rings. The summed E-state index contributed by atoms with van der Waals surface area (Å²) in [4.78, 5) is 29.5. The molecule has 2 heterocycles. The summed E-state index contributed by atoms with van der Waals surface area (Å²) in [6.45, 7) is 0.440. The van der Waals surface area contributed by atoms with Gasteiger partial charge in [-0.2, -0.15) is 0 Å². The zero-order chi connectivity index (χ0) is 35.4. The summed E-state index contributed by atoms with van der Waals surface area (Å²) in [6.07, 6.45) is 4.11. The Hall–Kier alpha value is -4.26. The number of hydrogen-bond acceptors (Lipinski definition) is 9.